The normalized spacial score (nSPS) is 32.8. The molecule has 8 nitrogen and oxygen atoms in total. The van der Waals surface area contributed by atoms with E-state index in [0.29, 0.717) is 26.1 Å². The summed E-state index contributed by atoms with van der Waals surface area (Å²) in [7, 11) is 0. The number of nitrogens with zero attached hydrogens (tertiary/aromatic N) is 3. The molecule has 4 rings (SSSR count). The van der Waals surface area contributed by atoms with Crippen molar-refractivity contribution >= 4 is 33.7 Å². The highest BCUT2D eigenvalue weighted by Gasteiger charge is 2.77. The van der Waals surface area contributed by atoms with Crippen molar-refractivity contribution in [2.45, 2.75) is 100 Å². The largest absolute Gasteiger partial charge is 0.394 e. The van der Waals surface area contributed by atoms with Gasteiger partial charge in [0.2, 0.25) is 17.7 Å². The smallest absolute Gasteiger partial charge is 0.248 e. The van der Waals surface area contributed by atoms with E-state index >= 15 is 0 Å². The number of ether oxygens (including phenoxy) is 1. The molecule has 3 heterocycles. The van der Waals surface area contributed by atoms with E-state index in [1.54, 1.807) is 22.0 Å². The summed E-state index contributed by atoms with van der Waals surface area (Å²) in [6.45, 7) is 14.7. The van der Waals surface area contributed by atoms with Crippen LogP contribution in [0.4, 0.5) is 0 Å². The van der Waals surface area contributed by atoms with Gasteiger partial charge in [0.25, 0.3) is 0 Å². The lowest BCUT2D eigenvalue weighted by Crippen LogP contribution is -2.61. The van der Waals surface area contributed by atoms with Crippen molar-refractivity contribution in [2.75, 3.05) is 26.2 Å². The maximum atomic E-state index is 14.7. The van der Waals surface area contributed by atoms with Gasteiger partial charge in [-0.05, 0) is 31.6 Å². The molecule has 3 saturated heterocycles. The summed E-state index contributed by atoms with van der Waals surface area (Å²) in [6, 6.07) is -1.39. The number of hydrogen-bond acceptors (Lipinski definition) is 5. The maximum absolute atomic E-state index is 14.7. The highest BCUT2D eigenvalue weighted by Crippen LogP contribution is 2.61. The molecule has 3 amide bonds. The summed E-state index contributed by atoms with van der Waals surface area (Å²) < 4.78 is 6.72. The predicted molar refractivity (Wildman–Crippen MR) is 154 cm³/mol. The van der Waals surface area contributed by atoms with Gasteiger partial charge in [-0.25, -0.2) is 0 Å². The second-order valence-electron chi connectivity index (χ2n) is 12.0. The summed E-state index contributed by atoms with van der Waals surface area (Å²) in [6.07, 6.45) is 9.32. The molecule has 9 heteroatoms. The predicted octanol–water partition coefficient (Wildman–Crippen LogP) is 3.52. The van der Waals surface area contributed by atoms with Gasteiger partial charge in [-0.1, -0.05) is 68.1 Å². The lowest BCUT2D eigenvalue weighted by molar-refractivity contribution is -0.154. The van der Waals surface area contributed by atoms with Crippen molar-refractivity contribution in [3.63, 3.8) is 0 Å². The number of alkyl halides is 1. The lowest BCUT2D eigenvalue weighted by Gasteiger charge is -2.43. The number of carbonyl (C=O) groups excluding carboxylic acids is 3. The van der Waals surface area contributed by atoms with Crippen molar-refractivity contribution in [1.29, 1.82) is 0 Å². The first kappa shape index (κ1) is 30.3. The molecule has 0 aromatic heterocycles. The van der Waals surface area contributed by atoms with Gasteiger partial charge in [-0.3, -0.25) is 14.4 Å². The first-order valence-corrected chi connectivity index (χ1v) is 15.7. The molecule has 218 valence electrons. The van der Waals surface area contributed by atoms with Gasteiger partial charge >= 0.3 is 0 Å². The fourth-order valence-electron chi connectivity index (χ4n) is 7.64. The average molecular weight is 609 g/mol. The van der Waals surface area contributed by atoms with E-state index in [1.165, 1.54) is 0 Å². The minimum atomic E-state index is -1.13. The Kier molecular flexibility index (Phi) is 9.65. The van der Waals surface area contributed by atoms with E-state index in [0.717, 1.165) is 38.5 Å². The van der Waals surface area contributed by atoms with Crippen LogP contribution in [-0.4, -0.2) is 98.4 Å². The van der Waals surface area contributed by atoms with Crippen LogP contribution in [0, 0.1) is 17.8 Å². The van der Waals surface area contributed by atoms with E-state index in [4.69, 9.17) is 4.74 Å². The third-order valence-corrected chi connectivity index (χ3v) is 10.2. The summed E-state index contributed by atoms with van der Waals surface area (Å²) in [5, 5.41) is 10.5. The monoisotopic (exact) mass is 607 g/mol. The number of hydrogen-bond donors (Lipinski definition) is 1. The Balaban J connectivity index is 1.81. The number of amides is 3. The van der Waals surface area contributed by atoms with Crippen LogP contribution in [0.15, 0.2) is 25.3 Å². The van der Waals surface area contributed by atoms with Gasteiger partial charge < -0.3 is 24.5 Å². The summed E-state index contributed by atoms with van der Waals surface area (Å²) in [5.41, 5.74) is -1.13. The quantitative estimate of drug-likeness (QED) is 0.271. The molecule has 7 atom stereocenters. The molecule has 4 fully saturated rings. The SMILES string of the molecule is C=CCN(CCC)C(=O)[C@H]1[C@@H]2OC3(CC2Br)C(C(=O)N(CC=C)C2CCCCC2)N([C@@H](CO)C(C)C)C(=O)[C@H]13. The summed E-state index contributed by atoms with van der Waals surface area (Å²) >= 11 is 3.77. The molecule has 0 aromatic rings. The minimum absolute atomic E-state index is 0.0757. The molecule has 1 saturated carbocycles. The Morgan fingerprint density at radius 3 is 2.41 bits per heavy atom. The number of halogens is 1. The number of carbonyl (C=O) groups is 3. The van der Waals surface area contributed by atoms with Crippen LogP contribution in [0.5, 0.6) is 0 Å². The van der Waals surface area contributed by atoms with E-state index in [1.807, 2.05) is 25.7 Å². The van der Waals surface area contributed by atoms with E-state index in [2.05, 4.69) is 29.1 Å². The molecule has 0 aromatic carbocycles. The third-order valence-electron chi connectivity index (χ3n) is 9.34. The molecular formula is C30H46BrN3O5. The van der Waals surface area contributed by atoms with Crippen LogP contribution in [0.2, 0.25) is 0 Å². The van der Waals surface area contributed by atoms with E-state index < -0.39 is 35.6 Å². The first-order valence-electron chi connectivity index (χ1n) is 14.7. The zero-order valence-electron chi connectivity index (χ0n) is 23.8. The van der Waals surface area contributed by atoms with Crippen LogP contribution in [0.1, 0.15) is 65.7 Å². The van der Waals surface area contributed by atoms with Crippen LogP contribution >= 0.6 is 15.9 Å². The molecular weight excluding hydrogens is 562 g/mol. The van der Waals surface area contributed by atoms with Crippen LogP contribution < -0.4 is 0 Å². The molecule has 39 heavy (non-hydrogen) atoms. The molecule has 3 aliphatic heterocycles. The van der Waals surface area contributed by atoms with Gasteiger partial charge in [-0.15, -0.1) is 13.2 Å². The number of aliphatic hydroxyl groups is 1. The number of fused-ring (bicyclic) bond motifs is 1. The topological polar surface area (TPSA) is 90.4 Å². The van der Waals surface area contributed by atoms with E-state index in [9.17, 15) is 19.5 Å². The Morgan fingerprint density at radius 1 is 1.18 bits per heavy atom. The molecule has 1 aliphatic carbocycles. The number of rotatable bonds is 12. The molecule has 2 bridgehead atoms. The zero-order valence-corrected chi connectivity index (χ0v) is 25.4. The second kappa shape index (κ2) is 12.4. The van der Waals surface area contributed by atoms with Crippen molar-refractivity contribution in [2.24, 2.45) is 17.8 Å². The van der Waals surface area contributed by atoms with Crippen molar-refractivity contribution in [3.8, 4) is 0 Å². The van der Waals surface area contributed by atoms with E-state index in [-0.39, 0.29) is 41.1 Å². The Bertz CT molecular complexity index is 953. The highest BCUT2D eigenvalue weighted by molar-refractivity contribution is 9.09. The van der Waals surface area contributed by atoms with Gasteiger partial charge in [0.15, 0.2) is 0 Å². The van der Waals surface area contributed by atoms with Gasteiger partial charge in [-0.2, -0.15) is 0 Å². The second-order valence-corrected chi connectivity index (χ2v) is 13.2. The highest BCUT2D eigenvalue weighted by atomic mass is 79.9. The minimum Gasteiger partial charge on any atom is -0.394 e. The van der Waals surface area contributed by atoms with Gasteiger partial charge in [0.05, 0.1) is 30.6 Å². The fourth-order valence-corrected chi connectivity index (χ4v) is 8.59. The number of likely N-dealkylation sites (tertiary alicyclic amines) is 1. The average Bonchev–Trinajstić information content (AvgIpc) is 3.51. The summed E-state index contributed by atoms with van der Waals surface area (Å²) in [5.74, 6) is -2.08. The standard InChI is InChI=1S/C30H46BrN3O5/c1-6-14-32(15-7-2)27(36)23-24-28(37)34(22(18-35)19(4)5)26(30(24)17-21(31)25(23)39-30)29(38)33(16-8-3)20-12-10-9-11-13-20/h6,8,19-26,35H,1,3,7,9-18H2,2,4-5H3/t21?,22-,23+,24-,25+,26?,30?/m0/s1. The Morgan fingerprint density at radius 2 is 1.85 bits per heavy atom. The number of aliphatic hydroxyl groups excluding tert-OH is 1. The zero-order chi connectivity index (χ0) is 28.5. The van der Waals surface area contributed by atoms with Crippen LogP contribution in [0.3, 0.4) is 0 Å². The fraction of sp³-hybridized carbons (Fsp3) is 0.767. The molecule has 4 aliphatic rings. The first-order chi connectivity index (χ1) is 18.7. The molecule has 3 unspecified atom stereocenters. The summed E-state index contributed by atoms with van der Waals surface area (Å²) in [4.78, 5) is 48.2. The van der Waals surface area contributed by atoms with Crippen molar-refractivity contribution in [3.05, 3.63) is 25.3 Å². The molecule has 1 spiro atoms. The van der Waals surface area contributed by atoms with Crippen molar-refractivity contribution < 1.29 is 24.2 Å². The van der Waals surface area contributed by atoms with Gasteiger partial charge in [0, 0.05) is 30.5 Å². The van der Waals surface area contributed by atoms with Crippen LogP contribution in [-0.2, 0) is 19.1 Å². The Labute approximate surface area is 241 Å². The lowest BCUT2D eigenvalue weighted by atomic mass is 9.70. The third kappa shape index (κ3) is 5.12. The van der Waals surface area contributed by atoms with Gasteiger partial charge in [0.1, 0.15) is 11.6 Å². The molecule has 1 N–H and O–H groups in total. The Hall–Kier alpha value is -1.71. The molecule has 0 radical (unpaired) electrons. The van der Waals surface area contributed by atoms with Crippen LogP contribution in [0.25, 0.3) is 0 Å². The maximum Gasteiger partial charge on any atom is 0.248 e. The van der Waals surface area contributed by atoms with Crippen molar-refractivity contribution in [1.82, 2.24) is 14.7 Å².